The van der Waals surface area contributed by atoms with Gasteiger partial charge in [-0.2, -0.15) is 0 Å². The molecular weight excluding hydrogens is 523 g/mol. The van der Waals surface area contributed by atoms with Crippen LogP contribution < -0.4 is 4.90 Å². The highest BCUT2D eigenvalue weighted by molar-refractivity contribution is 6.37. The van der Waals surface area contributed by atoms with Crippen LogP contribution in [-0.2, 0) is 14.3 Å². The van der Waals surface area contributed by atoms with Crippen LogP contribution in [0.15, 0.2) is 66.7 Å². The number of benzene rings is 3. The predicted octanol–water partition coefficient (Wildman–Crippen LogP) is 4.60. The largest absolute Gasteiger partial charge is 0.349 e. The molecule has 3 atom stereocenters. The molecule has 2 heterocycles. The van der Waals surface area contributed by atoms with Gasteiger partial charge in [0.1, 0.15) is 0 Å². The summed E-state index contributed by atoms with van der Waals surface area (Å²) in [5.74, 6) is -5.67. The van der Waals surface area contributed by atoms with Crippen LogP contribution in [0.25, 0.3) is 0 Å². The maximum atomic E-state index is 13.9. The Morgan fingerprint density at radius 2 is 1.49 bits per heavy atom. The molecule has 1 aliphatic carbocycles. The van der Waals surface area contributed by atoms with Gasteiger partial charge in [0, 0.05) is 38.9 Å². The second-order valence-electron chi connectivity index (χ2n) is 8.93. The molecule has 0 unspecified atom stereocenters. The minimum atomic E-state index is -2.26. The van der Waals surface area contributed by atoms with E-state index in [-0.39, 0.29) is 27.5 Å². The molecule has 3 aromatic carbocycles. The molecule has 11 heteroatoms. The van der Waals surface area contributed by atoms with Crippen molar-refractivity contribution in [2.45, 2.75) is 11.7 Å². The Morgan fingerprint density at radius 3 is 2.05 bits per heavy atom. The standard InChI is InChI=1S/C26H14Cl2N2O7/c27-12-5-10-17(18(28)11-12)21-19-20(26(37-21)22(31)15-3-1-2-4-16(15)23(26)32)25(34)29(24(19)33)13-6-8-14(9-7-13)30(35)36/h1-11,19-21H/t19-,20-,21+/m1/s1. The van der Waals surface area contributed by atoms with Crippen molar-refractivity contribution in [3.8, 4) is 0 Å². The second kappa shape index (κ2) is 8.04. The van der Waals surface area contributed by atoms with E-state index in [0.717, 1.165) is 17.0 Å². The molecule has 0 saturated carbocycles. The number of ketones is 2. The Kier molecular flexibility index (Phi) is 5.10. The van der Waals surface area contributed by atoms with E-state index < -0.39 is 51.8 Å². The minimum absolute atomic E-state index is 0.0708. The van der Waals surface area contributed by atoms with Crippen LogP contribution in [0.3, 0.4) is 0 Å². The Balaban J connectivity index is 1.53. The molecule has 0 aromatic heterocycles. The number of rotatable bonds is 3. The summed E-state index contributed by atoms with van der Waals surface area (Å²) in [7, 11) is 0. The average molecular weight is 537 g/mol. The Hall–Kier alpha value is -3.92. The lowest BCUT2D eigenvalue weighted by molar-refractivity contribution is -0.384. The maximum absolute atomic E-state index is 13.9. The van der Waals surface area contributed by atoms with Gasteiger partial charge in [-0.1, -0.05) is 53.5 Å². The fourth-order valence-corrected chi connectivity index (χ4v) is 6.03. The molecule has 9 nitrogen and oxygen atoms in total. The summed E-state index contributed by atoms with van der Waals surface area (Å²) >= 11 is 12.5. The van der Waals surface area contributed by atoms with Crippen molar-refractivity contribution in [3.63, 3.8) is 0 Å². The van der Waals surface area contributed by atoms with E-state index in [1.807, 2.05) is 0 Å². The number of hydrogen-bond donors (Lipinski definition) is 0. The Morgan fingerprint density at radius 1 is 0.865 bits per heavy atom. The van der Waals surface area contributed by atoms with E-state index in [1.54, 1.807) is 12.1 Å². The second-order valence-corrected chi connectivity index (χ2v) is 9.78. The lowest BCUT2D eigenvalue weighted by atomic mass is 9.77. The van der Waals surface area contributed by atoms with Gasteiger partial charge in [0.05, 0.1) is 28.6 Å². The summed E-state index contributed by atoms with van der Waals surface area (Å²) in [6, 6.07) is 15.5. The number of imide groups is 1. The molecule has 6 rings (SSSR count). The topological polar surface area (TPSA) is 124 Å². The van der Waals surface area contributed by atoms with E-state index in [9.17, 15) is 29.3 Å². The van der Waals surface area contributed by atoms with Crippen molar-refractivity contribution in [3.05, 3.63) is 104 Å². The summed E-state index contributed by atoms with van der Waals surface area (Å²) in [6.45, 7) is 0. The van der Waals surface area contributed by atoms with Gasteiger partial charge in [-0.15, -0.1) is 0 Å². The summed E-state index contributed by atoms with van der Waals surface area (Å²) in [5.41, 5.74) is -1.93. The molecule has 1 spiro atoms. The summed E-state index contributed by atoms with van der Waals surface area (Å²) in [6.07, 6.45) is -1.21. The lowest BCUT2D eigenvalue weighted by Crippen LogP contribution is -2.51. The number of carbonyl (C=O) groups is 4. The van der Waals surface area contributed by atoms with Gasteiger partial charge in [-0.3, -0.25) is 29.3 Å². The summed E-state index contributed by atoms with van der Waals surface area (Å²) in [4.78, 5) is 66.5. The molecule has 2 aliphatic heterocycles. The lowest BCUT2D eigenvalue weighted by Gasteiger charge is -2.27. The molecule has 0 N–H and O–H groups in total. The van der Waals surface area contributed by atoms with E-state index in [4.69, 9.17) is 27.9 Å². The van der Waals surface area contributed by atoms with E-state index in [2.05, 4.69) is 0 Å². The highest BCUT2D eigenvalue weighted by atomic mass is 35.5. The molecule has 184 valence electrons. The molecule has 2 amide bonds. The van der Waals surface area contributed by atoms with Crippen molar-refractivity contribution in [2.75, 3.05) is 4.90 Å². The molecule has 0 bridgehead atoms. The zero-order valence-electron chi connectivity index (χ0n) is 18.6. The first-order valence-corrected chi connectivity index (χ1v) is 11.9. The van der Waals surface area contributed by atoms with Gasteiger partial charge >= 0.3 is 0 Å². The number of anilines is 1. The van der Waals surface area contributed by atoms with Crippen molar-refractivity contribution >= 4 is 58.0 Å². The van der Waals surface area contributed by atoms with Crippen LogP contribution in [0, 0.1) is 22.0 Å². The number of non-ortho nitro benzene ring substituents is 1. The predicted molar refractivity (Wildman–Crippen MR) is 131 cm³/mol. The monoisotopic (exact) mass is 536 g/mol. The molecule has 3 aromatic rings. The minimum Gasteiger partial charge on any atom is -0.349 e. The average Bonchev–Trinajstić information content (AvgIpc) is 3.44. The van der Waals surface area contributed by atoms with Crippen LogP contribution in [0.1, 0.15) is 32.4 Å². The molecular formula is C26H14Cl2N2O7. The third-order valence-electron chi connectivity index (χ3n) is 7.11. The fraction of sp³-hybridized carbons (Fsp3) is 0.154. The highest BCUT2D eigenvalue weighted by Gasteiger charge is 2.74. The number of amides is 2. The van der Waals surface area contributed by atoms with Gasteiger partial charge in [0.2, 0.25) is 29.0 Å². The van der Waals surface area contributed by atoms with E-state index >= 15 is 0 Å². The fourth-order valence-electron chi connectivity index (χ4n) is 5.51. The van der Waals surface area contributed by atoms with Crippen LogP contribution in [-0.4, -0.2) is 33.9 Å². The number of ether oxygens (including phenoxy) is 1. The van der Waals surface area contributed by atoms with Crippen molar-refractivity contribution in [1.82, 2.24) is 0 Å². The third kappa shape index (κ3) is 3.08. The first-order valence-electron chi connectivity index (χ1n) is 11.1. The first kappa shape index (κ1) is 23.5. The third-order valence-corrected chi connectivity index (χ3v) is 7.67. The quantitative estimate of drug-likeness (QED) is 0.207. The van der Waals surface area contributed by atoms with Crippen molar-refractivity contribution < 1.29 is 28.8 Å². The highest BCUT2D eigenvalue weighted by Crippen LogP contribution is 2.58. The molecule has 37 heavy (non-hydrogen) atoms. The number of nitro benzene ring substituents is 1. The zero-order valence-corrected chi connectivity index (χ0v) is 20.1. The smallest absolute Gasteiger partial charge is 0.269 e. The summed E-state index contributed by atoms with van der Waals surface area (Å²) in [5, 5.41) is 11.5. The normalized spacial score (nSPS) is 23.6. The number of halogens is 2. The van der Waals surface area contributed by atoms with Crippen molar-refractivity contribution in [1.29, 1.82) is 0 Å². The number of nitrogens with zero attached hydrogens (tertiary/aromatic N) is 2. The maximum Gasteiger partial charge on any atom is 0.269 e. The SMILES string of the molecule is O=C1[C@H]2[C@H](c3ccc(Cl)cc3Cl)OC3(C(=O)c4ccccc4C3=O)[C@H]2C(=O)N1c1ccc([N+](=O)[O-])cc1. The number of fused-ring (bicyclic) bond motifs is 3. The zero-order chi connectivity index (χ0) is 26.2. The van der Waals surface area contributed by atoms with E-state index in [0.29, 0.717) is 10.6 Å². The molecule has 3 aliphatic rings. The Bertz CT molecular complexity index is 1530. The number of Topliss-reactive ketones (excluding diaryl/α,β-unsaturated/α-hetero) is 2. The van der Waals surface area contributed by atoms with Gasteiger partial charge < -0.3 is 4.74 Å². The number of hydrogen-bond acceptors (Lipinski definition) is 7. The van der Waals surface area contributed by atoms with Gasteiger partial charge in [-0.25, -0.2) is 4.90 Å². The Labute approximate surface area is 218 Å². The number of carbonyl (C=O) groups excluding carboxylic acids is 4. The first-order chi connectivity index (χ1) is 17.7. The number of nitro groups is 1. The van der Waals surface area contributed by atoms with Gasteiger partial charge in [-0.05, 0) is 24.3 Å². The van der Waals surface area contributed by atoms with Gasteiger partial charge in [0.15, 0.2) is 0 Å². The van der Waals surface area contributed by atoms with Crippen LogP contribution >= 0.6 is 23.2 Å². The van der Waals surface area contributed by atoms with Crippen LogP contribution in [0.4, 0.5) is 11.4 Å². The van der Waals surface area contributed by atoms with Gasteiger partial charge in [0.25, 0.3) is 5.69 Å². The van der Waals surface area contributed by atoms with E-state index in [1.165, 1.54) is 42.5 Å². The molecule has 2 saturated heterocycles. The molecule has 2 fully saturated rings. The van der Waals surface area contributed by atoms with Crippen LogP contribution in [0.5, 0.6) is 0 Å². The molecule has 0 radical (unpaired) electrons. The summed E-state index contributed by atoms with van der Waals surface area (Å²) < 4.78 is 6.18. The van der Waals surface area contributed by atoms with Crippen molar-refractivity contribution in [2.24, 2.45) is 11.8 Å². The van der Waals surface area contributed by atoms with Crippen LogP contribution in [0.2, 0.25) is 10.0 Å².